The summed E-state index contributed by atoms with van der Waals surface area (Å²) in [7, 11) is 0. The van der Waals surface area contributed by atoms with Gasteiger partial charge in [0.25, 0.3) is 0 Å². The van der Waals surface area contributed by atoms with Crippen molar-refractivity contribution >= 4 is 12.3 Å². The van der Waals surface area contributed by atoms with Crippen LogP contribution in [0.2, 0.25) is 0 Å². The first-order valence-electron chi connectivity index (χ1n) is 2.15. The zero-order valence-corrected chi connectivity index (χ0v) is 4.26. The first-order chi connectivity index (χ1) is 3.81. The first-order valence-corrected chi connectivity index (χ1v) is 2.15. The van der Waals surface area contributed by atoms with Crippen molar-refractivity contribution < 1.29 is 14.7 Å². The Morgan fingerprint density at radius 3 is 2.75 bits per heavy atom. The van der Waals surface area contributed by atoms with Crippen LogP contribution in [0, 0.1) is 0 Å². The molecule has 0 aromatic heterocycles. The Kier molecular flexibility index (Phi) is 3.78. The fourth-order valence-electron chi connectivity index (χ4n) is 0.239. The smallest absolute Gasteiger partial charge is 0.228 e. The van der Waals surface area contributed by atoms with Crippen molar-refractivity contribution in [3.05, 3.63) is 0 Å². The summed E-state index contributed by atoms with van der Waals surface area (Å²) in [5, 5.41) is 9.95. The number of imide groups is 1. The Labute approximate surface area is 46.5 Å². The average Bonchev–Trinajstić information content (AvgIpc) is 1.68. The molecule has 0 aromatic carbocycles. The largest absolute Gasteiger partial charge is 0.396 e. The molecule has 46 valence electrons. The van der Waals surface area contributed by atoms with Crippen molar-refractivity contribution in [3.8, 4) is 0 Å². The van der Waals surface area contributed by atoms with Gasteiger partial charge in [0.1, 0.15) is 0 Å². The van der Waals surface area contributed by atoms with Gasteiger partial charge < -0.3 is 5.11 Å². The number of nitrogens with one attached hydrogen (secondary N) is 1. The molecule has 0 aromatic rings. The van der Waals surface area contributed by atoms with E-state index < -0.39 is 5.91 Å². The van der Waals surface area contributed by atoms with E-state index in [1.165, 1.54) is 0 Å². The van der Waals surface area contributed by atoms with Gasteiger partial charge >= 0.3 is 0 Å². The molecule has 4 nitrogen and oxygen atoms in total. The van der Waals surface area contributed by atoms with E-state index in [9.17, 15) is 9.59 Å². The molecule has 0 saturated carbocycles. The number of carbonyl (C=O) groups is 2. The van der Waals surface area contributed by atoms with Crippen molar-refractivity contribution in [1.82, 2.24) is 5.32 Å². The van der Waals surface area contributed by atoms with E-state index in [1.807, 2.05) is 5.32 Å². The highest BCUT2D eigenvalue weighted by molar-refractivity contribution is 5.85. The third-order valence-electron chi connectivity index (χ3n) is 0.559. The van der Waals surface area contributed by atoms with Crippen LogP contribution >= 0.6 is 0 Å². The van der Waals surface area contributed by atoms with E-state index in [0.717, 1.165) is 0 Å². The fourth-order valence-corrected chi connectivity index (χ4v) is 0.239. The maximum atomic E-state index is 10.1. The summed E-state index contributed by atoms with van der Waals surface area (Å²) in [6, 6.07) is 0. The summed E-state index contributed by atoms with van der Waals surface area (Å²) >= 11 is 0. The zero-order valence-electron chi connectivity index (χ0n) is 4.26. The van der Waals surface area contributed by atoms with Crippen molar-refractivity contribution in [2.75, 3.05) is 6.61 Å². The minimum Gasteiger partial charge on any atom is -0.396 e. The van der Waals surface area contributed by atoms with E-state index in [4.69, 9.17) is 5.11 Å². The van der Waals surface area contributed by atoms with Crippen LogP contribution in [0.3, 0.4) is 0 Å². The summed E-state index contributed by atoms with van der Waals surface area (Å²) in [4.78, 5) is 19.6. The highest BCUT2D eigenvalue weighted by atomic mass is 16.3. The molecule has 0 atom stereocenters. The molecule has 2 amide bonds. The first kappa shape index (κ1) is 7.10. The number of aliphatic hydroxyl groups excluding tert-OH is 1. The number of carbonyl (C=O) groups excluding carboxylic acids is 2. The van der Waals surface area contributed by atoms with Crippen molar-refractivity contribution in [2.45, 2.75) is 6.42 Å². The maximum Gasteiger partial charge on any atom is 0.228 e. The maximum absolute atomic E-state index is 10.1. The molecule has 0 aliphatic heterocycles. The lowest BCUT2D eigenvalue weighted by Crippen LogP contribution is -2.21. The van der Waals surface area contributed by atoms with E-state index in [1.54, 1.807) is 0 Å². The monoisotopic (exact) mass is 117 g/mol. The second-order valence-electron chi connectivity index (χ2n) is 1.16. The summed E-state index contributed by atoms with van der Waals surface area (Å²) in [5.74, 6) is -0.456. The number of aliphatic hydroxyl groups is 1. The van der Waals surface area contributed by atoms with Crippen molar-refractivity contribution in [1.29, 1.82) is 0 Å². The molecule has 8 heavy (non-hydrogen) atoms. The van der Waals surface area contributed by atoms with Gasteiger partial charge in [0.2, 0.25) is 12.3 Å². The molecule has 4 heteroatoms. The third-order valence-corrected chi connectivity index (χ3v) is 0.559. The fraction of sp³-hybridized carbons (Fsp3) is 0.500. The van der Waals surface area contributed by atoms with Gasteiger partial charge in [-0.3, -0.25) is 14.9 Å². The molecule has 0 fully saturated rings. The van der Waals surface area contributed by atoms with Gasteiger partial charge in [-0.25, -0.2) is 0 Å². The lowest BCUT2D eigenvalue weighted by Gasteiger charge is -1.90. The minimum absolute atomic E-state index is 0.0151. The number of hydrogen-bond donors (Lipinski definition) is 2. The van der Waals surface area contributed by atoms with Crippen LogP contribution in [0.15, 0.2) is 0 Å². The summed E-state index contributed by atoms with van der Waals surface area (Å²) in [5.41, 5.74) is 0. The van der Waals surface area contributed by atoms with Crippen LogP contribution in [-0.4, -0.2) is 24.0 Å². The van der Waals surface area contributed by atoms with Crippen molar-refractivity contribution in [2.24, 2.45) is 0 Å². The average molecular weight is 117 g/mol. The molecule has 0 aliphatic carbocycles. The predicted octanol–water partition coefficient (Wildman–Crippen LogP) is -1.36. The van der Waals surface area contributed by atoms with Gasteiger partial charge in [0.15, 0.2) is 0 Å². The van der Waals surface area contributed by atoms with Crippen LogP contribution in [0.25, 0.3) is 0 Å². The Hall–Kier alpha value is -0.900. The Morgan fingerprint density at radius 2 is 2.38 bits per heavy atom. The Balaban J connectivity index is 3.18. The molecule has 0 aliphatic rings. The summed E-state index contributed by atoms with van der Waals surface area (Å²) in [6.45, 7) is -0.223. The second-order valence-corrected chi connectivity index (χ2v) is 1.16. The third kappa shape index (κ3) is 3.30. The molecule has 0 bridgehead atoms. The quantitative estimate of drug-likeness (QED) is 0.449. The predicted molar refractivity (Wildman–Crippen MR) is 25.9 cm³/mol. The van der Waals surface area contributed by atoms with Crippen LogP contribution in [0.4, 0.5) is 0 Å². The Morgan fingerprint density at radius 1 is 1.75 bits per heavy atom. The van der Waals surface area contributed by atoms with Gasteiger partial charge in [-0.2, -0.15) is 0 Å². The summed E-state index contributed by atoms with van der Waals surface area (Å²) < 4.78 is 0. The van der Waals surface area contributed by atoms with Gasteiger partial charge in [0, 0.05) is 0 Å². The minimum atomic E-state index is -0.456. The number of amides is 2. The molecular formula is C4H7NO3. The van der Waals surface area contributed by atoms with E-state index in [-0.39, 0.29) is 19.4 Å². The topological polar surface area (TPSA) is 66.4 Å². The van der Waals surface area contributed by atoms with Gasteiger partial charge in [-0.05, 0) is 0 Å². The van der Waals surface area contributed by atoms with Gasteiger partial charge in [-0.1, -0.05) is 0 Å². The van der Waals surface area contributed by atoms with E-state index >= 15 is 0 Å². The summed E-state index contributed by atoms with van der Waals surface area (Å²) in [6.07, 6.45) is 0.275. The van der Waals surface area contributed by atoms with E-state index in [2.05, 4.69) is 0 Å². The Bertz CT molecular complexity index is 91.3. The van der Waals surface area contributed by atoms with Crippen LogP contribution < -0.4 is 5.32 Å². The van der Waals surface area contributed by atoms with Crippen LogP contribution in [-0.2, 0) is 9.59 Å². The second kappa shape index (κ2) is 4.26. The van der Waals surface area contributed by atoms with Gasteiger partial charge in [-0.15, -0.1) is 0 Å². The highest BCUT2D eigenvalue weighted by Gasteiger charge is 1.94. The molecule has 0 spiro atoms. The number of rotatable bonds is 3. The lowest BCUT2D eigenvalue weighted by atomic mass is 10.4. The molecule has 0 unspecified atom stereocenters. The van der Waals surface area contributed by atoms with Crippen molar-refractivity contribution in [3.63, 3.8) is 0 Å². The molecule has 2 N–H and O–H groups in total. The lowest BCUT2D eigenvalue weighted by molar-refractivity contribution is -0.125. The van der Waals surface area contributed by atoms with Gasteiger partial charge in [0.05, 0.1) is 13.0 Å². The molecule has 0 radical (unpaired) electrons. The van der Waals surface area contributed by atoms with Crippen LogP contribution in [0.1, 0.15) is 6.42 Å². The van der Waals surface area contributed by atoms with Crippen LogP contribution in [0.5, 0.6) is 0 Å². The normalized spacial score (nSPS) is 8.12. The molecule has 0 heterocycles. The standard InChI is InChI=1S/C4H7NO3/c6-2-1-4(8)5-3-7/h3,6H,1-2H2,(H,5,7,8). The highest BCUT2D eigenvalue weighted by Crippen LogP contribution is 1.71. The zero-order chi connectivity index (χ0) is 6.41. The van der Waals surface area contributed by atoms with E-state index in [0.29, 0.717) is 0 Å². The SMILES string of the molecule is O=CNC(=O)CCO. The molecule has 0 saturated heterocycles. The molecular weight excluding hydrogens is 110 g/mol. The number of hydrogen-bond acceptors (Lipinski definition) is 3. The molecule has 0 rings (SSSR count).